The maximum absolute atomic E-state index is 12.1. The fourth-order valence-corrected chi connectivity index (χ4v) is 2.60. The van der Waals surface area contributed by atoms with Crippen molar-refractivity contribution < 1.29 is 4.79 Å². The largest absolute Gasteiger partial charge is 0.309 e. The van der Waals surface area contributed by atoms with E-state index in [1.165, 1.54) is 12.4 Å². The maximum atomic E-state index is 12.1. The van der Waals surface area contributed by atoms with Crippen LogP contribution in [0.1, 0.15) is 27.7 Å². The highest BCUT2D eigenvalue weighted by atomic mass is 35.5. The molecule has 0 bridgehead atoms. The van der Waals surface area contributed by atoms with Crippen molar-refractivity contribution in [3.05, 3.63) is 17.5 Å². The zero-order valence-corrected chi connectivity index (χ0v) is 11.2. The summed E-state index contributed by atoms with van der Waals surface area (Å²) in [5.74, 6) is 0.383. The standard InChI is InChI=1S/C12H16ClN3O/c1-11(2)9(12(11,3)4)10(17)16-8-6-14-5-7(13)15-8/h5-6,9H,1-4H3,(H,15,16,17). The second kappa shape index (κ2) is 3.67. The van der Waals surface area contributed by atoms with E-state index in [0.717, 1.165) is 0 Å². The van der Waals surface area contributed by atoms with Gasteiger partial charge in [-0.2, -0.15) is 0 Å². The summed E-state index contributed by atoms with van der Waals surface area (Å²) in [6, 6.07) is 0. The summed E-state index contributed by atoms with van der Waals surface area (Å²) in [5, 5.41) is 3.03. The van der Waals surface area contributed by atoms with Gasteiger partial charge in [-0.3, -0.25) is 9.78 Å². The van der Waals surface area contributed by atoms with Crippen LogP contribution in [0.2, 0.25) is 5.15 Å². The van der Waals surface area contributed by atoms with Gasteiger partial charge >= 0.3 is 0 Å². The number of carbonyl (C=O) groups is 1. The molecular weight excluding hydrogens is 238 g/mol. The monoisotopic (exact) mass is 253 g/mol. The number of nitrogens with zero attached hydrogens (tertiary/aromatic N) is 2. The Kier molecular flexibility index (Phi) is 2.65. The predicted molar refractivity (Wildman–Crippen MR) is 66.7 cm³/mol. The summed E-state index contributed by atoms with van der Waals surface area (Å²) in [6.07, 6.45) is 2.92. The molecule has 0 spiro atoms. The first-order valence-corrected chi connectivity index (χ1v) is 5.93. The summed E-state index contributed by atoms with van der Waals surface area (Å²) < 4.78 is 0. The van der Waals surface area contributed by atoms with E-state index < -0.39 is 0 Å². The molecule has 1 fully saturated rings. The SMILES string of the molecule is CC1(C)C(C(=O)Nc2cncc(Cl)n2)C1(C)C. The molecule has 5 heteroatoms. The lowest BCUT2D eigenvalue weighted by molar-refractivity contribution is -0.118. The molecule has 4 nitrogen and oxygen atoms in total. The van der Waals surface area contributed by atoms with Crippen LogP contribution in [0.25, 0.3) is 0 Å². The molecule has 0 radical (unpaired) electrons. The predicted octanol–water partition coefficient (Wildman–Crippen LogP) is 2.75. The van der Waals surface area contributed by atoms with Gasteiger partial charge in [-0.1, -0.05) is 39.3 Å². The van der Waals surface area contributed by atoms with Crippen molar-refractivity contribution in [2.45, 2.75) is 27.7 Å². The number of amides is 1. The van der Waals surface area contributed by atoms with Crippen molar-refractivity contribution in [3.8, 4) is 0 Å². The van der Waals surface area contributed by atoms with Crippen molar-refractivity contribution >= 4 is 23.3 Å². The number of hydrogen-bond donors (Lipinski definition) is 1. The van der Waals surface area contributed by atoms with Gasteiger partial charge in [-0.25, -0.2) is 4.98 Å². The molecule has 1 amide bonds. The molecule has 0 unspecified atom stereocenters. The lowest BCUT2D eigenvalue weighted by Crippen LogP contribution is -2.18. The molecule has 0 atom stereocenters. The average Bonchev–Trinajstić information content (AvgIpc) is 2.56. The van der Waals surface area contributed by atoms with Gasteiger partial charge in [0.05, 0.1) is 12.4 Å². The van der Waals surface area contributed by atoms with E-state index in [4.69, 9.17) is 11.6 Å². The van der Waals surface area contributed by atoms with Gasteiger partial charge in [0.2, 0.25) is 5.91 Å². The molecule has 0 aliphatic heterocycles. The molecule has 1 saturated carbocycles. The van der Waals surface area contributed by atoms with Gasteiger partial charge in [0, 0.05) is 5.92 Å². The summed E-state index contributed by atoms with van der Waals surface area (Å²) in [7, 11) is 0. The minimum absolute atomic E-state index is 0.00391. The van der Waals surface area contributed by atoms with E-state index in [2.05, 4.69) is 43.0 Å². The first-order chi connectivity index (χ1) is 7.76. The molecule has 0 aromatic carbocycles. The van der Waals surface area contributed by atoms with E-state index in [-0.39, 0.29) is 27.8 Å². The van der Waals surface area contributed by atoms with Crippen LogP contribution < -0.4 is 5.32 Å². The highest BCUT2D eigenvalue weighted by Gasteiger charge is 2.68. The third kappa shape index (κ3) is 1.90. The summed E-state index contributed by atoms with van der Waals surface area (Å²) in [4.78, 5) is 20.0. The summed E-state index contributed by atoms with van der Waals surface area (Å²) in [6.45, 7) is 8.39. The maximum Gasteiger partial charge on any atom is 0.229 e. The average molecular weight is 254 g/mol. The Morgan fingerprint density at radius 3 is 2.35 bits per heavy atom. The third-order valence-corrected chi connectivity index (χ3v) is 4.32. The molecule has 2 rings (SSSR count). The van der Waals surface area contributed by atoms with Crippen LogP contribution in [0.3, 0.4) is 0 Å². The van der Waals surface area contributed by atoms with E-state index in [1.807, 2.05) is 0 Å². The highest BCUT2D eigenvalue weighted by molar-refractivity contribution is 6.29. The third-order valence-electron chi connectivity index (χ3n) is 4.14. The highest BCUT2D eigenvalue weighted by Crippen LogP contribution is 2.68. The van der Waals surface area contributed by atoms with Crippen molar-refractivity contribution in [1.82, 2.24) is 9.97 Å². The Bertz CT molecular complexity index is 457. The smallest absolute Gasteiger partial charge is 0.229 e. The molecule has 17 heavy (non-hydrogen) atoms. The van der Waals surface area contributed by atoms with Crippen molar-refractivity contribution in [2.24, 2.45) is 16.7 Å². The first kappa shape index (κ1) is 12.3. The van der Waals surface area contributed by atoms with Crippen LogP contribution in [0, 0.1) is 16.7 Å². The lowest BCUT2D eigenvalue weighted by atomic mass is 10.0. The van der Waals surface area contributed by atoms with Crippen molar-refractivity contribution in [3.63, 3.8) is 0 Å². The fraction of sp³-hybridized carbons (Fsp3) is 0.583. The Labute approximate surface area is 106 Å². The number of rotatable bonds is 2. The van der Waals surface area contributed by atoms with Gasteiger partial charge in [0.1, 0.15) is 5.15 Å². The Hall–Kier alpha value is -1.16. The minimum Gasteiger partial charge on any atom is -0.309 e. The second-order valence-corrected chi connectivity index (χ2v) is 5.98. The van der Waals surface area contributed by atoms with E-state index >= 15 is 0 Å². The Balaban J connectivity index is 2.10. The molecule has 1 N–H and O–H groups in total. The topological polar surface area (TPSA) is 54.9 Å². The number of halogens is 1. The number of anilines is 1. The molecular formula is C12H16ClN3O. The molecule has 1 heterocycles. The Morgan fingerprint density at radius 1 is 1.29 bits per heavy atom. The number of nitrogens with one attached hydrogen (secondary N) is 1. The van der Waals surface area contributed by atoms with Gasteiger partial charge in [0.15, 0.2) is 5.82 Å². The van der Waals surface area contributed by atoms with Crippen molar-refractivity contribution in [1.29, 1.82) is 0 Å². The van der Waals surface area contributed by atoms with Crippen LogP contribution in [0.4, 0.5) is 5.82 Å². The quantitative estimate of drug-likeness (QED) is 0.882. The molecule has 1 aromatic rings. The van der Waals surface area contributed by atoms with Gasteiger partial charge < -0.3 is 5.32 Å². The van der Waals surface area contributed by atoms with Gasteiger partial charge in [-0.05, 0) is 10.8 Å². The number of carbonyl (C=O) groups excluding carboxylic acids is 1. The number of hydrogen-bond acceptors (Lipinski definition) is 3. The first-order valence-electron chi connectivity index (χ1n) is 5.55. The van der Waals surface area contributed by atoms with E-state index in [0.29, 0.717) is 5.82 Å². The zero-order valence-electron chi connectivity index (χ0n) is 10.4. The summed E-state index contributed by atoms with van der Waals surface area (Å²) >= 11 is 5.71. The van der Waals surface area contributed by atoms with Crippen LogP contribution in [-0.2, 0) is 4.79 Å². The van der Waals surface area contributed by atoms with E-state index in [9.17, 15) is 4.79 Å². The fourth-order valence-electron chi connectivity index (χ4n) is 2.45. The van der Waals surface area contributed by atoms with Crippen molar-refractivity contribution in [2.75, 3.05) is 5.32 Å². The van der Waals surface area contributed by atoms with Crippen LogP contribution in [-0.4, -0.2) is 15.9 Å². The van der Waals surface area contributed by atoms with Gasteiger partial charge in [0.25, 0.3) is 0 Å². The number of aromatic nitrogens is 2. The summed E-state index contributed by atoms with van der Waals surface area (Å²) in [5.41, 5.74) is 0.0339. The minimum atomic E-state index is -0.0171. The van der Waals surface area contributed by atoms with E-state index in [1.54, 1.807) is 0 Å². The lowest BCUT2D eigenvalue weighted by Gasteiger charge is -2.05. The zero-order chi connectivity index (χ0) is 12.8. The molecule has 1 aliphatic carbocycles. The van der Waals surface area contributed by atoms with Crippen LogP contribution in [0.15, 0.2) is 12.4 Å². The van der Waals surface area contributed by atoms with Gasteiger partial charge in [-0.15, -0.1) is 0 Å². The molecule has 1 aliphatic rings. The second-order valence-electron chi connectivity index (χ2n) is 5.59. The normalized spacial score (nSPS) is 21.0. The molecule has 1 aromatic heterocycles. The molecule has 0 saturated heterocycles. The Morgan fingerprint density at radius 2 is 1.88 bits per heavy atom. The van der Waals surface area contributed by atoms with Crippen LogP contribution in [0.5, 0.6) is 0 Å². The van der Waals surface area contributed by atoms with Crippen LogP contribution >= 0.6 is 11.6 Å². The molecule has 92 valence electrons.